The molecule has 0 unspecified atom stereocenters. The van der Waals surface area contributed by atoms with Crippen LogP contribution >= 0.6 is 0 Å². The van der Waals surface area contributed by atoms with E-state index in [0.29, 0.717) is 5.92 Å². The molecular formula is C11H15O-. The Hall–Kier alpha value is -0.820. The van der Waals surface area contributed by atoms with Crippen LogP contribution in [0.25, 0.3) is 0 Å². The maximum Gasteiger partial charge on any atom is -0.0219 e. The number of aryl methyl sites for hydroxylation is 1. The lowest BCUT2D eigenvalue weighted by atomic mass is 9.98. The van der Waals surface area contributed by atoms with Gasteiger partial charge in [0.25, 0.3) is 0 Å². The first-order chi connectivity index (χ1) is 5.65. The highest BCUT2D eigenvalue weighted by atomic mass is 16.3. The molecule has 0 heterocycles. The summed E-state index contributed by atoms with van der Waals surface area (Å²) >= 11 is 0. The second kappa shape index (κ2) is 3.72. The smallest absolute Gasteiger partial charge is 0.0219 e. The Morgan fingerprint density at radius 2 is 2.00 bits per heavy atom. The second-order valence-corrected chi connectivity index (χ2v) is 3.48. The van der Waals surface area contributed by atoms with Gasteiger partial charge in [0.15, 0.2) is 0 Å². The van der Waals surface area contributed by atoms with E-state index in [1.54, 1.807) is 0 Å². The third kappa shape index (κ3) is 1.86. The summed E-state index contributed by atoms with van der Waals surface area (Å²) in [6, 6.07) is 6.15. The molecule has 0 aliphatic rings. The molecular weight excluding hydrogens is 148 g/mol. The molecule has 0 N–H and O–H groups in total. The van der Waals surface area contributed by atoms with Gasteiger partial charge < -0.3 is 5.11 Å². The van der Waals surface area contributed by atoms with Crippen LogP contribution in [0, 0.1) is 6.92 Å². The van der Waals surface area contributed by atoms with E-state index < -0.39 is 0 Å². The maximum atomic E-state index is 10.7. The first-order valence-corrected chi connectivity index (χ1v) is 4.32. The zero-order chi connectivity index (χ0) is 9.14. The zero-order valence-corrected chi connectivity index (χ0v) is 7.92. The van der Waals surface area contributed by atoms with Crippen molar-refractivity contribution in [3.8, 4) is 0 Å². The van der Waals surface area contributed by atoms with Gasteiger partial charge in [-0.15, -0.1) is 6.61 Å². The van der Waals surface area contributed by atoms with Crippen LogP contribution in [0.3, 0.4) is 0 Å². The fraction of sp³-hybridized carbons (Fsp3) is 0.455. The average Bonchev–Trinajstić information content (AvgIpc) is 2.05. The van der Waals surface area contributed by atoms with Crippen LogP contribution in [0.5, 0.6) is 0 Å². The maximum absolute atomic E-state index is 10.7. The number of hydrogen-bond donors (Lipinski definition) is 0. The van der Waals surface area contributed by atoms with Crippen molar-refractivity contribution >= 4 is 0 Å². The number of hydrogen-bond acceptors (Lipinski definition) is 1. The summed E-state index contributed by atoms with van der Waals surface area (Å²) in [5.41, 5.74) is 3.29. The lowest BCUT2D eigenvalue weighted by Gasteiger charge is -2.12. The van der Waals surface area contributed by atoms with Crippen molar-refractivity contribution in [1.82, 2.24) is 0 Å². The van der Waals surface area contributed by atoms with Gasteiger partial charge in [-0.1, -0.05) is 37.6 Å². The highest BCUT2D eigenvalue weighted by molar-refractivity contribution is 5.31. The van der Waals surface area contributed by atoms with Gasteiger partial charge in [-0.3, -0.25) is 0 Å². The Bertz CT molecular complexity index is 264. The summed E-state index contributed by atoms with van der Waals surface area (Å²) in [5, 5.41) is 10.7. The summed E-state index contributed by atoms with van der Waals surface area (Å²) in [7, 11) is 0. The van der Waals surface area contributed by atoms with Crippen molar-refractivity contribution in [2.24, 2.45) is 0 Å². The topological polar surface area (TPSA) is 23.1 Å². The van der Waals surface area contributed by atoms with Crippen LogP contribution in [-0.4, -0.2) is 0 Å². The molecule has 0 aromatic heterocycles. The van der Waals surface area contributed by atoms with Crippen molar-refractivity contribution in [2.75, 3.05) is 0 Å². The molecule has 0 bridgehead atoms. The largest absolute Gasteiger partial charge is 0.851 e. The van der Waals surface area contributed by atoms with Crippen molar-refractivity contribution in [3.05, 3.63) is 34.9 Å². The third-order valence-corrected chi connectivity index (χ3v) is 2.20. The Labute approximate surface area is 74.1 Å². The Morgan fingerprint density at radius 3 is 2.50 bits per heavy atom. The van der Waals surface area contributed by atoms with E-state index in [2.05, 4.69) is 19.9 Å². The van der Waals surface area contributed by atoms with E-state index in [1.807, 2.05) is 19.1 Å². The van der Waals surface area contributed by atoms with E-state index >= 15 is 0 Å². The predicted molar refractivity (Wildman–Crippen MR) is 49.0 cm³/mol. The molecule has 66 valence electrons. The number of rotatable bonds is 2. The van der Waals surface area contributed by atoms with Crippen LogP contribution in [0.2, 0.25) is 0 Å². The highest BCUT2D eigenvalue weighted by Crippen LogP contribution is 2.17. The van der Waals surface area contributed by atoms with E-state index in [-0.39, 0.29) is 6.61 Å². The predicted octanol–water partition coefficient (Wildman–Crippen LogP) is 1.98. The van der Waals surface area contributed by atoms with Gasteiger partial charge in [-0.05, 0) is 24.0 Å². The molecule has 1 rings (SSSR count). The van der Waals surface area contributed by atoms with Gasteiger partial charge in [0.05, 0.1) is 0 Å². The molecule has 1 nitrogen and oxygen atoms in total. The number of benzene rings is 1. The molecule has 1 aromatic rings. The van der Waals surface area contributed by atoms with Gasteiger partial charge in [0, 0.05) is 0 Å². The van der Waals surface area contributed by atoms with Gasteiger partial charge >= 0.3 is 0 Å². The molecule has 0 radical (unpaired) electrons. The summed E-state index contributed by atoms with van der Waals surface area (Å²) in [5.74, 6) is 0.510. The standard InChI is InChI=1S/C11H15O/c1-8(2)10-5-4-9(3)11(6-10)7-12/h4-6,8H,7H2,1-3H3/q-1. The molecule has 0 aliphatic carbocycles. The monoisotopic (exact) mass is 163 g/mol. The quantitative estimate of drug-likeness (QED) is 0.653. The summed E-state index contributed by atoms with van der Waals surface area (Å²) in [4.78, 5) is 0. The molecule has 0 atom stereocenters. The van der Waals surface area contributed by atoms with Crippen molar-refractivity contribution < 1.29 is 5.11 Å². The molecule has 12 heavy (non-hydrogen) atoms. The molecule has 1 heteroatoms. The minimum atomic E-state index is -0.105. The normalized spacial score (nSPS) is 10.8. The first-order valence-electron chi connectivity index (χ1n) is 4.32. The fourth-order valence-corrected chi connectivity index (χ4v) is 1.21. The van der Waals surface area contributed by atoms with Crippen LogP contribution < -0.4 is 5.11 Å². The van der Waals surface area contributed by atoms with E-state index in [1.165, 1.54) is 5.56 Å². The summed E-state index contributed by atoms with van der Waals surface area (Å²) in [6.45, 7) is 6.15. The van der Waals surface area contributed by atoms with Gasteiger partial charge in [0.1, 0.15) is 0 Å². The Morgan fingerprint density at radius 1 is 1.33 bits per heavy atom. The van der Waals surface area contributed by atoms with Crippen molar-refractivity contribution in [2.45, 2.75) is 33.3 Å². The molecule has 0 saturated heterocycles. The first kappa shape index (κ1) is 9.27. The van der Waals surface area contributed by atoms with E-state index in [4.69, 9.17) is 0 Å². The van der Waals surface area contributed by atoms with Crippen molar-refractivity contribution in [1.29, 1.82) is 0 Å². The molecule has 1 aromatic carbocycles. The second-order valence-electron chi connectivity index (χ2n) is 3.48. The van der Waals surface area contributed by atoms with Crippen molar-refractivity contribution in [3.63, 3.8) is 0 Å². The van der Waals surface area contributed by atoms with E-state index in [0.717, 1.165) is 11.1 Å². The molecule has 0 aliphatic heterocycles. The SMILES string of the molecule is Cc1ccc(C(C)C)cc1C[O-]. The van der Waals surface area contributed by atoms with Crippen LogP contribution in [0.15, 0.2) is 18.2 Å². The van der Waals surface area contributed by atoms with Gasteiger partial charge in [-0.25, -0.2) is 0 Å². The molecule has 0 saturated carbocycles. The third-order valence-electron chi connectivity index (χ3n) is 2.20. The highest BCUT2D eigenvalue weighted by Gasteiger charge is 1.99. The fourth-order valence-electron chi connectivity index (χ4n) is 1.21. The lowest BCUT2D eigenvalue weighted by Crippen LogP contribution is -2.05. The Kier molecular flexibility index (Phi) is 2.88. The van der Waals surface area contributed by atoms with E-state index in [9.17, 15) is 5.11 Å². The van der Waals surface area contributed by atoms with Crippen LogP contribution in [0.4, 0.5) is 0 Å². The molecule has 0 spiro atoms. The van der Waals surface area contributed by atoms with Crippen LogP contribution in [-0.2, 0) is 6.61 Å². The van der Waals surface area contributed by atoms with Crippen LogP contribution in [0.1, 0.15) is 36.5 Å². The summed E-state index contributed by atoms with van der Waals surface area (Å²) < 4.78 is 0. The lowest BCUT2D eigenvalue weighted by molar-refractivity contribution is -0.386. The minimum Gasteiger partial charge on any atom is -0.851 e. The Balaban J connectivity index is 3.05. The minimum absolute atomic E-state index is 0.105. The summed E-state index contributed by atoms with van der Waals surface area (Å²) in [6.07, 6.45) is 0. The molecule has 0 fully saturated rings. The van der Waals surface area contributed by atoms with Gasteiger partial charge in [-0.2, -0.15) is 0 Å². The zero-order valence-electron chi connectivity index (χ0n) is 7.92. The van der Waals surface area contributed by atoms with Gasteiger partial charge in [0.2, 0.25) is 0 Å². The average molecular weight is 163 g/mol. The molecule has 0 amide bonds.